The number of benzene rings is 2. The molecular weight excluding hydrogens is 369 g/mol. The molecule has 0 aromatic heterocycles. The molecule has 7 heteroatoms. The molecule has 2 aromatic carbocycles. The van der Waals surface area contributed by atoms with Crippen molar-refractivity contribution in [1.82, 2.24) is 5.32 Å². The fraction of sp³-hybridized carbons (Fsp3) is 0.238. The number of ketones is 2. The van der Waals surface area contributed by atoms with Gasteiger partial charge in [0.05, 0.1) is 30.9 Å². The summed E-state index contributed by atoms with van der Waals surface area (Å²) in [5.41, 5.74) is 1.96. The zero-order valence-corrected chi connectivity index (χ0v) is 15.3. The highest BCUT2D eigenvalue weighted by Crippen LogP contribution is 2.38. The highest BCUT2D eigenvalue weighted by Gasteiger charge is 2.44. The lowest BCUT2D eigenvalue weighted by molar-refractivity contribution is -0.920. The van der Waals surface area contributed by atoms with Gasteiger partial charge in [-0.1, -0.05) is 36.4 Å². The van der Waals surface area contributed by atoms with Crippen LogP contribution >= 0.6 is 0 Å². The van der Waals surface area contributed by atoms with Gasteiger partial charge in [0.2, 0.25) is 11.6 Å². The van der Waals surface area contributed by atoms with Crippen LogP contribution in [0.4, 0.5) is 13.2 Å². The molecule has 0 saturated carbocycles. The molecule has 1 N–H and O–H groups in total. The molecule has 4 nitrogen and oxygen atoms in total. The maximum Gasteiger partial charge on any atom is 0.416 e. The van der Waals surface area contributed by atoms with E-state index in [1.54, 1.807) is 24.3 Å². The largest absolute Gasteiger partial charge is 0.416 e. The molecule has 0 radical (unpaired) electrons. The number of carbonyl (C=O) groups is 2. The van der Waals surface area contributed by atoms with Crippen LogP contribution in [0.1, 0.15) is 33.2 Å². The van der Waals surface area contributed by atoms with E-state index in [4.69, 9.17) is 0 Å². The third kappa shape index (κ3) is 2.82. The van der Waals surface area contributed by atoms with Crippen LogP contribution in [0, 0.1) is 0 Å². The van der Waals surface area contributed by atoms with E-state index in [9.17, 15) is 22.8 Å². The zero-order valence-electron chi connectivity index (χ0n) is 15.3. The van der Waals surface area contributed by atoms with Crippen molar-refractivity contribution in [1.29, 1.82) is 0 Å². The molecule has 144 valence electrons. The summed E-state index contributed by atoms with van der Waals surface area (Å²) in [5.74, 6) is -1.05. The Bertz CT molecular complexity index is 1020. The summed E-state index contributed by atoms with van der Waals surface area (Å²) < 4.78 is 38.9. The summed E-state index contributed by atoms with van der Waals surface area (Å²) in [6, 6.07) is 11.9. The molecule has 4 rings (SSSR count). The second-order valence-corrected chi connectivity index (χ2v) is 7.66. The van der Waals surface area contributed by atoms with Crippen molar-refractivity contribution in [2.75, 3.05) is 20.6 Å². The van der Waals surface area contributed by atoms with Gasteiger partial charge in [0.1, 0.15) is 6.54 Å². The van der Waals surface area contributed by atoms with Gasteiger partial charge in [0.15, 0.2) is 6.17 Å². The summed E-state index contributed by atoms with van der Waals surface area (Å²) in [7, 11) is 3.74. The summed E-state index contributed by atoms with van der Waals surface area (Å²) in [6.07, 6.45) is -4.76. The standard InChI is InChI=1S/C21H17F3N2O2/c1-26(2)11-16-17(14-5-3-4-6-15(14)18(27)19(16)28)25-20(26)12-7-9-13(10-8-12)21(22,23)24/h3-10,20H,11H2,1-2H3/p+1. The summed E-state index contributed by atoms with van der Waals surface area (Å²) >= 11 is 0. The van der Waals surface area contributed by atoms with E-state index in [1.807, 2.05) is 14.1 Å². The van der Waals surface area contributed by atoms with Gasteiger partial charge >= 0.3 is 6.18 Å². The predicted octanol–water partition coefficient (Wildman–Crippen LogP) is 3.56. The molecule has 1 atom stereocenters. The van der Waals surface area contributed by atoms with Crippen LogP contribution in [0.5, 0.6) is 0 Å². The first-order valence-corrected chi connectivity index (χ1v) is 8.77. The molecule has 1 aliphatic heterocycles. The Morgan fingerprint density at radius 1 is 0.929 bits per heavy atom. The van der Waals surface area contributed by atoms with Gasteiger partial charge in [-0.2, -0.15) is 13.2 Å². The van der Waals surface area contributed by atoms with E-state index in [1.165, 1.54) is 12.1 Å². The number of fused-ring (bicyclic) bond motifs is 2. The molecule has 0 bridgehead atoms. The van der Waals surface area contributed by atoms with Crippen LogP contribution in [-0.2, 0) is 11.0 Å². The van der Waals surface area contributed by atoms with Gasteiger partial charge in [-0.15, -0.1) is 0 Å². The molecule has 28 heavy (non-hydrogen) atoms. The zero-order chi connectivity index (χ0) is 20.3. The van der Waals surface area contributed by atoms with Gasteiger partial charge in [-0.05, 0) is 12.1 Å². The summed E-state index contributed by atoms with van der Waals surface area (Å²) in [4.78, 5) is 25.1. The number of Topliss-reactive ketones (excluding diaryl/α,β-unsaturated/α-hetero) is 2. The smallest absolute Gasteiger partial charge is 0.331 e. The molecule has 0 saturated heterocycles. The Kier molecular flexibility index (Phi) is 3.97. The number of hydrogen-bond acceptors (Lipinski definition) is 3. The van der Waals surface area contributed by atoms with Crippen LogP contribution in [0.2, 0.25) is 0 Å². The van der Waals surface area contributed by atoms with Crippen LogP contribution in [0.25, 0.3) is 5.70 Å². The Morgan fingerprint density at radius 2 is 1.54 bits per heavy atom. The van der Waals surface area contributed by atoms with Gasteiger partial charge in [0.25, 0.3) is 0 Å². The quantitative estimate of drug-likeness (QED) is 0.601. The fourth-order valence-corrected chi connectivity index (χ4v) is 3.90. The molecule has 1 unspecified atom stereocenters. The molecule has 1 heterocycles. The lowest BCUT2D eigenvalue weighted by Gasteiger charge is -2.44. The molecule has 2 aliphatic rings. The van der Waals surface area contributed by atoms with E-state index in [0.717, 1.165) is 12.1 Å². The minimum atomic E-state index is -4.40. The lowest BCUT2D eigenvalue weighted by Crippen LogP contribution is -2.55. The normalized spacial score (nSPS) is 21.1. The van der Waals surface area contributed by atoms with E-state index < -0.39 is 23.3 Å². The van der Waals surface area contributed by atoms with E-state index in [0.29, 0.717) is 34.5 Å². The maximum atomic E-state index is 12.9. The first-order chi connectivity index (χ1) is 13.1. The Hall–Kier alpha value is -2.93. The first-order valence-electron chi connectivity index (χ1n) is 8.77. The van der Waals surface area contributed by atoms with E-state index >= 15 is 0 Å². The maximum absolute atomic E-state index is 12.9. The van der Waals surface area contributed by atoms with Crippen molar-refractivity contribution >= 4 is 17.3 Å². The number of nitrogens with one attached hydrogen (secondary N) is 1. The van der Waals surface area contributed by atoms with Crippen LogP contribution in [0.15, 0.2) is 54.1 Å². The monoisotopic (exact) mass is 387 g/mol. The number of quaternary nitrogens is 1. The van der Waals surface area contributed by atoms with Gasteiger partial charge in [-0.25, -0.2) is 0 Å². The molecule has 0 spiro atoms. The highest BCUT2D eigenvalue weighted by molar-refractivity contribution is 6.52. The van der Waals surface area contributed by atoms with Crippen molar-refractivity contribution in [2.24, 2.45) is 0 Å². The number of likely N-dealkylation sites (N-methyl/N-ethyl adjacent to an activating group) is 1. The van der Waals surface area contributed by atoms with Gasteiger partial charge < -0.3 is 9.80 Å². The number of alkyl halides is 3. The number of nitrogens with zero attached hydrogens (tertiary/aromatic N) is 1. The number of rotatable bonds is 1. The fourth-order valence-electron chi connectivity index (χ4n) is 3.90. The second-order valence-electron chi connectivity index (χ2n) is 7.66. The average Bonchev–Trinajstić information content (AvgIpc) is 2.65. The minimum Gasteiger partial charge on any atom is -0.331 e. The van der Waals surface area contributed by atoms with Gasteiger partial charge in [-0.3, -0.25) is 9.59 Å². The van der Waals surface area contributed by atoms with E-state index in [-0.39, 0.29) is 10.6 Å². The third-order valence-corrected chi connectivity index (χ3v) is 5.32. The van der Waals surface area contributed by atoms with Crippen LogP contribution in [0.3, 0.4) is 0 Å². The number of hydrogen-bond donors (Lipinski definition) is 1. The van der Waals surface area contributed by atoms with Crippen molar-refractivity contribution in [3.05, 3.63) is 76.4 Å². The Morgan fingerprint density at radius 3 is 2.14 bits per heavy atom. The number of carbonyl (C=O) groups excluding carboxylic acids is 2. The average molecular weight is 387 g/mol. The van der Waals surface area contributed by atoms with E-state index in [2.05, 4.69) is 5.32 Å². The summed E-state index contributed by atoms with van der Waals surface area (Å²) in [5, 5.41) is 3.32. The topological polar surface area (TPSA) is 46.2 Å². The third-order valence-electron chi connectivity index (χ3n) is 5.32. The highest BCUT2D eigenvalue weighted by atomic mass is 19.4. The molecular formula is C21H18F3N2O2+. The molecule has 1 aliphatic carbocycles. The Labute approximate surface area is 159 Å². The van der Waals surface area contributed by atoms with Crippen LogP contribution in [-0.4, -0.2) is 36.7 Å². The molecule has 0 fully saturated rings. The van der Waals surface area contributed by atoms with Crippen molar-refractivity contribution in [3.8, 4) is 0 Å². The first kappa shape index (κ1) is 18.4. The molecule has 2 aromatic rings. The lowest BCUT2D eigenvalue weighted by atomic mass is 9.85. The number of halogens is 3. The minimum absolute atomic E-state index is 0.283. The van der Waals surface area contributed by atoms with Crippen molar-refractivity contribution in [3.63, 3.8) is 0 Å². The van der Waals surface area contributed by atoms with Crippen molar-refractivity contribution in [2.45, 2.75) is 12.3 Å². The predicted molar refractivity (Wildman–Crippen MR) is 97.0 cm³/mol. The molecule has 0 amide bonds. The van der Waals surface area contributed by atoms with Crippen LogP contribution < -0.4 is 5.32 Å². The second kappa shape index (κ2) is 6.04. The summed E-state index contributed by atoms with van der Waals surface area (Å²) in [6.45, 7) is 0.299. The van der Waals surface area contributed by atoms with Gasteiger partial charge in [0, 0.05) is 16.7 Å². The van der Waals surface area contributed by atoms with Crippen molar-refractivity contribution < 1.29 is 27.2 Å². The SMILES string of the molecule is C[N+]1(C)CC2=C(NC1c1ccc(C(F)(F)F)cc1)c1ccccc1C(=O)C2=O. The Balaban J connectivity index is 1.78.